The molecule has 1 amide bonds. The van der Waals surface area contributed by atoms with Gasteiger partial charge in [0, 0.05) is 33.3 Å². The first-order chi connectivity index (χ1) is 15.4. The Kier molecular flexibility index (Phi) is 9.94. The number of aliphatic hydroxyl groups is 1. The summed E-state index contributed by atoms with van der Waals surface area (Å²) in [5, 5.41) is 12.7. The third kappa shape index (κ3) is 9.47. The number of hydrogen-bond acceptors (Lipinski definition) is 6. The van der Waals surface area contributed by atoms with Crippen molar-refractivity contribution in [3.63, 3.8) is 0 Å². The van der Waals surface area contributed by atoms with Gasteiger partial charge < -0.3 is 19.9 Å². The molecule has 3 atom stereocenters. The normalized spacial score (nSPS) is 20.3. The summed E-state index contributed by atoms with van der Waals surface area (Å²) in [7, 11) is -1.31. The van der Waals surface area contributed by atoms with Gasteiger partial charge in [-0.25, -0.2) is 4.79 Å². The van der Waals surface area contributed by atoms with Gasteiger partial charge in [0.1, 0.15) is 11.6 Å². The minimum Gasteiger partial charge on any atom is -0.459 e. The second-order valence-corrected chi connectivity index (χ2v) is 16.7. The van der Waals surface area contributed by atoms with Crippen LogP contribution in [-0.2, 0) is 20.8 Å². The number of nitrogens with zero attached hydrogens (tertiary/aromatic N) is 1. The van der Waals surface area contributed by atoms with Gasteiger partial charge in [0.25, 0.3) is 0 Å². The number of hydrogen-bond donors (Lipinski definition) is 2. The zero-order valence-electron chi connectivity index (χ0n) is 21.1. The lowest BCUT2D eigenvalue weighted by molar-refractivity contribution is -0.161. The van der Waals surface area contributed by atoms with E-state index in [1.807, 2.05) is 51.1 Å². The monoisotopic (exact) mass is 478 g/mol. The molecule has 0 aromatic heterocycles. The van der Waals surface area contributed by atoms with Crippen LogP contribution in [0.15, 0.2) is 30.3 Å². The molecule has 2 rings (SSSR count). The van der Waals surface area contributed by atoms with Crippen molar-refractivity contribution in [3.8, 4) is 0 Å². The lowest BCUT2D eigenvalue weighted by Crippen LogP contribution is -2.52. The molecule has 1 fully saturated rings. The van der Waals surface area contributed by atoms with E-state index in [-0.39, 0.29) is 24.7 Å². The average Bonchev–Trinajstić information content (AvgIpc) is 3.09. The fourth-order valence-corrected chi connectivity index (χ4v) is 4.83. The predicted molar refractivity (Wildman–Crippen MR) is 133 cm³/mol. The largest absolute Gasteiger partial charge is 0.459 e. The van der Waals surface area contributed by atoms with Crippen molar-refractivity contribution >= 4 is 20.1 Å². The molecular weight excluding hydrogens is 436 g/mol. The van der Waals surface area contributed by atoms with Crippen molar-refractivity contribution < 1.29 is 24.2 Å². The second kappa shape index (κ2) is 12.0. The summed E-state index contributed by atoms with van der Waals surface area (Å²) < 4.78 is 11.1. The molecule has 8 heteroatoms. The average molecular weight is 479 g/mol. The van der Waals surface area contributed by atoms with E-state index >= 15 is 0 Å². The number of aliphatic hydroxyl groups excluding tert-OH is 1. The van der Waals surface area contributed by atoms with Crippen molar-refractivity contribution in [3.05, 3.63) is 35.9 Å². The molecule has 1 aromatic carbocycles. The number of benzene rings is 1. The molecule has 0 spiro atoms. The lowest BCUT2D eigenvalue weighted by Gasteiger charge is -2.35. The molecule has 7 nitrogen and oxygen atoms in total. The van der Waals surface area contributed by atoms with Crippen LogP contribution in [0.1, 0.15) is 45.6 Å². The Morgan fingerprint density at radius 2 is 1.85 bits per heavy atom. The van der Waals surface area contributed by atoms with Crippen LogP contribution in [0, 0.1) is 0 Å². The van der Waals surface area contributed by atoms with Crippen LogP contribution < -0.4 is 5.32 Å². The maximum atomic E-state index is 13.0. The molecule has 0 aliphatic carbocycles. The van der Waals surface area contributed by atoms with E-state index in [9.17, 15) is 14.7 Å². The molecule has 33 heavy (non-hydrogen) atoms. The number of alkyl carbamates (subject to hydrolysis) is 1. The van der Waals surface area contributed by atoms with Crippen LogP contribution in [0.5, 0.6) is 0 Å². The van der Waals surface area contributed by atoms with Crippen LogP contribution in [-0.4, -0.2) is 67.1 Å². The molecule has 1 heterocycles. The van der Waals surface area contributed by atoms with Gasteiger partial charge in [-0.1, -0.05) is 50.0 Å². The van der Waals surface area contributed by atoms with Gasteiger partial charge >= 0.3 is 12.1 Å². The van der Waals surface area contributed by atoms with Crippen molar-refractivity contribution in [2.45, 2.75) is 96.0 Å². The van der Waals surface area contributed by atoms with Crippen molar-refractivity contribution in [2.75, 3.05) is 13.2 Å². The summed E-state index contributed by atoms with van der Waals surface area (Å²) >= 11 is 0. The van der Waals surface area contributed by atoms with Gasteiger partial charge in [-0.15, -0.1) is 0 Å². The number of nitrogens with one attached hydrogen (secondary N) is 1. The highest BCUT2D eigenvalue weighted by Gasteiger charge is 2.43. The first kappa shape index (κ1) is 27.3. The quantitative estimate of drug-likeness (QED) is 0.387. The topological polar surface area (TPSA) is 88.1 Å². The third-order valence-corrected chi connectivity index (χ3v) is 7.45. The van der Waals surface area contributed by atoms with Gasteiger partial charge in [0.2, 0.25) is 0 Å². The molecule has 0 unspecified atom stereocenters. The van der Waals surface area contributed by atoms with Gasteiger partial charge in [-0.05, 0) is 51.6 Å². The Bertz CT molecular complexity index is 760. The Hall–Kier alpha value is -1.90. The Morgan fingerprint density at radius 1 is 1.18 bits per heavy atom. The number of rotatable bonds is 10. The molecule has 1 aromatic rings. The first-order valence-electron chi connectivity index (χ1n) is 12.0. The number of likely N-dealkylation sites (tertiary alicyclic amines) is 1. The van der Waals surface area contributed by atoms with Crippen LogP contribution in [0.2, 0.25) is 25.7 Å². The molecular formula is C25H42N2O5Si. The Labute approximate surface area is 199 Å². The number of carbonyl (C=O) groups excluding carboxylic acids is 2. The van der Waals surface area contributed by atoms with Crippen LogP contribution >= 0.6 is 0 Å². The molecule has 0 saturated carbocycles. The molecule has 0 bridgehead atoms. The SMILES string of the molecule is CC(C)(C)OC(=O)[C@@H]1CC[C@@H]([C@H](CCO)NC(=O)OCC[Si](C)(C)C)N1Cc1ccccc1. The van der Waals surface area contributed by atoms with Gasteiger partial charge in [-0.2, -0.15) is 0 Å². The highest BCUT2D eigenvalue weighted by Crippen LogP contribution is 2.31. The Morgan fingerprint density at radius 3 is 2.42 bits per heavy atom. The zero-order valence-corrected chi connectivity index (χ0v) is 22.1. The van der Waals surface area contributed by atoms with E-state index < -0.39 is 25.8 Å². The maximum Gasteiger partial charge on any atom is 0.407 e. The fraction of sp³-hybridized carbons (Fsp3) is 0.680. The summed E-state index contributed by atoms with van der Waals surface area (Å²) in [5.41, 5.74) is 0.509. The molecule has 0 radical (unpaired) electrons. The van der Waals surface area contributed by atoms with Crippen molar-refractivity contribution in [2.24, 2.45) is 0 Å². The van der Waals surface area contributed by atoms with E-state index in [0.29, 0.717) is 26.0 Å². The smallest absolute Gasteiger partial charge is 0.407 e. The lowest BCUT2D eigenvalue weighted by atomic mass is 10.0. The molecule has 2 N–H and O–H groups in total. The van der Waals surface area contributed by atoms with Gasteiger partial charge in [0.05, 0.1) is 6.61 Å². The van der Waals surface area contributed by atoms with Gasteiger partial charge in [-0.3, -0.25) is 9.69 Å². The standard InChI is InChI=1S/C25H42N2O5Si/c1-25(2,3)32-23(29)22-13-12-21(27(22)18-19-10-8-7-9-11-19)20(14-15-28)26-24(30)31-16-17-33(4,5)6/h7-11,20-22,28H,12-18H2,1-6H3,(H,26,30)/t20-,21-,22-/m0/s1. The third-order valence-electron chi connectivity index (χ3n) is 5.74. The highest BCUT2D eigenvalue weighted by molar-refractivity contribution is 6.76. The first-order valence-corrected chi connectivity index (χ1v) is 15.7. The molecule has 1 saturated heterocycles. The zero-order chi connectivity index (χ0) is 24.6. The molecule has 186 valence electrons. The van der Waals surface area contributed by atoms with Gasteiger partial charge in [0.15, 0.2) is 0 Å². The summed E-state index contributed by atoms with van der Waals surface area (Å²) in [6, 6.07) is 10.0. The molecule has 1 aliphatic rings. The van der Waals surface area contributed by atoms with Crippen LogP contribution in [0.3, 0.4) is 0 Å². The Balaban J connectivity index is 2.17. The second-order valence-electron chi connectivity index (χ2n) is 11.1. The minimum absolute atomic E-state index is 0.0629. The summed E-state index contributed by atoms with van der Waals surface area (Å²) in [6.07, 6.45) is 1.28. The van der Waals surface area contributed by atoms with E-state index in [4.69, 9.17) is 9.47 Å². The minimum atomic E-state index is -1.31. The summed E-state index contributed by atoms with van der Waals surface area (Å²) in [4.78, 5) is 27.7. The van der Waals surface area contributed by atoms with Crippen molar-refractivity contribution in [1.82, 2.24) is 10.2 Å². The fourth-order valence-electron chi connectivity index (χ4n) is 4.11. The number of amides is 1. The van der Waals surface area contributed by atoms with E-state index in [1.165, 1.54) is 0 Å². The number of esters is 1. The summed E-state index contributed by atoms with van der Waals surface area (Å²) in [6.45, 7) is 13.2. The number of ether oxygens (including phenoxy) is 2. The van der Waals surface area contributed by atoms with Crippen molar-refractivity contribution in [1.29, 1.82) is 0 Å². The summed E-state index contributed by atoms with van der Waals surface area (Å²) in [5.74, 6) is -0.249. The van der Waals surface area contributed by atoms with Crippen LogP contribution in [0.4, 0.5) is 4.79 Å². The highest BCUT2D eigenvalue weighted by atomic mass is 28.3. The molecule has 1 aliphatic heterocycles. The van der Waals surface area contributed by atoms with E-state index in [1.54, 1.807) is 0 Å². The maximum absolute atomic E-state index is 13.0. The predicted octanol–water partition coefficient (Wildman–Crippen LogP) is 4.18. The van der Waals surface area contributed by atoms with E-state index in [2.05, 4.69) is 29.9 Å². The van der Waals surface area contributed by atoms with Crippen LogP contribution in [0.25, 0.3) is 0 Å². The number of carbonyl (C=O) groups is 2. The van der Waals surface area contributed by atoms with E-state index in [0.717, 1.165) is 18.0 Å².